The van der Waals surface area contributed by atoms with Gasteiger partial charge in [0.1, 0.15) is 0 Å². The van der Waals surface area contributed by atoms with E-state index < -0.39 is 0 Å². The van der Waals surface area contributed by atoms with E-state index in [4.69, 9.17) is 5.73 Å². The summed E-state index contributed by atoms with van der Waals surface area (Å²) in [6.07, 6.45) is 0.307. The number of carbonyl (C=O) groups excluding carboxylic acids is 1. The zero-order chi connectivity index (χ0) is 12.1. The molecule has 0 aliphatic carbocycles. The number of benzene rings is 1. The van der Waals surface area contributed by atoms with Gasteiger partial charge in [0, 0.05) is 0 Å². The Labute approximate surface area is 100 Å². The molecule has 1 amide bonds. The van der Waals surface area contributed by atoms with Gasteiger partial charge < -0.3 is 5.73 Å². The summed E-state index contributed by atoms with van der Waals surface area (Å²) >= 11 is 4.57. The van der Waals surface area contributed by atoms with Crippen LogP contribution in [0.2, 0.25) is 0 Å². The van der Waals surface area contributed by atoms with Crippen molar-refractivity contribution in [2.24, 2.45) is 5.73 Å². The molecule has 0 fully saturated rings. The average Bonchev–Trinajstić information content (AvgIpc) is 2.19. The predicted molar refractivity (Wildman–Crippen MR) is 67.7 cm³/mol. The topological polar surface area (TPSA) is 67.2 Å². The lowest BCUT2D eigenvalue weighted by atomic mass is 10.0. The average molecular weight is 237 g/mol. The molecule has 1 aromatic carbocycles. The predicted octanol–water partition coefficient (Wildman–Crippen LogP) is 0.710. The number of hydrazine groups is 1. The smallest absolute Gasteiger partial charge is 0.242 e. The van der Waals surface area contributed by atoms with Crippen LogP contribution in [0.15, 0.2) is 18.2 Å². The summed E-state index contributed by atoms with van der Waals surface area (Å²) in [7, 11) is 0. The van der Waals surface area contributed by atoms with Crippen LogP contribution >= 0.6 is 12.2 Å². The summed E-state index contributed by atoms with van der Waals surface area (Å²) in [5.41, 5.74) is 13.3. The van der Waals surface area contributed by atoms with Crippen LogP contribution in [0.4, 0.5) is 0 Å². The Bertz CT molecular complexity index is 418. The fourth-order valence-electron chi connectivity index (χ4n) is 1.39. The number of hydrogen-bond donors (Lipinski definition) is 3. The Morgan fingerprint density at radius 1 is 1.38 bits per heavy atom. The summed E-state index contributed by atoms with van der Waals surface area (Å²) in [5.74, 6) is -0.167. The van der Waals surface area contributed by atoms with E-state index in [9.17, 15) is 4.79 Å². The second-order valence-electron chi connectivity index (χ2n) is 3.64. The number of aryl methyl sites for hydroxylation is 2. The third kappa shape index (κ3) is 3.86. The summed E-state index contributed by atoms with van der Waals surface area (Å²) in [6, 6.07) is 5.98. The maximum absolute atomic E-state index is 11.5. The first-order chi connectivity index (χ1) is 7.49. The summed E-state index contributed by atoms with van der Waals surface area (Å²) in [5, 5.41) is 0.0500. The van der Waals surface area contributed by atoms with Gasteiger partial charge in [-0.2, -0.15) is 0 Å². The van der Waals surface area contributed by atoms with Gasteiger partial charge in [-0.15, -0.1) is 0 Å². The lowest BCUT2D eigenvalue weighted by Gasteiger charge is -2.08. The van der Waals surface area contributed by atoms with Crippen molar-refractivity contribution < 1.29 is 4.79 Å². The normalized spacial score (nSPS) is 9.62. The van der Waals surface area contributed by atoms with E-state index in [1.54, 1.807) is 0 Å². The molecule has 0 saturated carbocycles. The van der Waals surface area contributed by atoms with E-state index in [1.165, 1.54) is 5.56 Å². The van der Waals surface area contributed by atoms with Crippen LogP contribution < -0.4 is 16.6 Å². The van der Waals surface area contributed by atoms with Crippen molar-refractivity contribution in [3.63, 3.8) is 0 Å². The van der Waals surface area contributed by atoms with E-state index in [0.29, 0.717) is 6.42 Å². The Hall–Kier alpha value is -1.62. The second kappa shape index (κ2) is 5.46. The van der Waals surface area contributed by atoms with Crippen molar-refractivity contribution in [3.8, 4) is 0 Å². The zero-order valence-corrected chi connectivity index (χ0v) is 10.1. The van der Waals surface area contributed by atoms with Crippen LogP contribution in [0.3, 0.4) is 0 Å². The van der Waals surface area contributed by atoms with Crippen LogP contribution in [-0.4, -0.2) is 11.0 Å². The van der Waals surface area contributed by atoms with Gasteiger partial charge in [0.15, 0.2) is 5.11 Å². The molecule has 0 atom stereocenters. The van der Waals surface area contributed by atoms with Crippen molar-refractivity contribution >= 4 is 23.2 Å². The van der Waals surface area contributed by atoms with Gasteiger partial charge in [0.2, 0.25) is 5.91 Å². The Kier molecular flexibility index (Phi) is 4.25. The van der Waals surface area contributed by atoms with Gasteiger partial charge >= 0.3 is 0 Å². The molecule has 0 spiro atoms. The van der Waals surface area contributed by atoms with Crippen LogP contribution in [0.25, 0.3) is 0 Å². The molecule has 0 aromatic heterocycles. The Morgan fingerprint density at radius 3 is 2.62 bits per heavy atom. The summed E-state index contributed by atoms with van der Waals surface area (Å²) in [6.45, 7) is 4.00. The van der Waals surface area contributed by atoms with Crippen LogP contribution in [0, 0.1) is 13.8 Å². The number of nitrogens with two attached hydrogens (primary N) is 1. The summed E-state index contributed by atoms with van der Waals surface area (Å²) in [4.78, 5) is 11.5. The monoisotopic (exact) mass is 237 g/mol. The molecule has 0 aliphatic rings. The highest BCUT2D eigenvalue weighted by atomic mass is 32.1. The van der Waals surface area contributed by atoms with Crippen molar-refractivity contribution in [2.45, 2.75) is 20.3 Å². The maximum Gasteiger partial charge on any atom is 0.242 e. The molecule has 5 heteroatoms. The third-order valence-electron chi connectivity index (χ3n) is 2.17. The number of hydrogen-bond acceptors (Lipinski definition) is 2. The third-order valence-corrected chi connectivity index (χ3v) is 2.28. The standard InChI is InChI=1S/C11H15N3OS/c1-7-3-4-9(8(2)5-7)6-10(15)13-14-11(12)16/h3-5H,6H2,1-2H3,(H,13,15)(H3,12,14,16). The highest BCUT2D eigenvalue weighted by Crippen LogP contribution is 2.10. The molecule has 0 radical (unpaired) electrons. The van der Waals surface area contributed by atoms with Crippen molar-refractivity contribution in [1.82, 2.24) is 10.9 Å². The number of nitrogens with one attached hydrogen (secondary N) is 2. The first-order valence-corrected chi connectivity index (χ1v) is 5.30. The molecule has 86 valence electrons. The number of thiocarbonyl (C=S) groups is 1. The largest absolute Gasteiger partial charge is 0.375 e. The molecule has 16 heavy (non-hydrogen) atoms. The quantitative estimate of drug-likeness (QED) is 0.523. The highest BCUT2D eigenvalue weighted by Gasteiger charge is 2.05. The Morgan fingerprint density at radius 2 is 2.06 bits per heavy atom. The van der Waals surface area contributed by atoms with E-state index in [2.05, 4.69) is 23.1 Å². The van der Waals surface area contributed by atoms with Crippen LogP contribution in [-0.2, 0) is 11.2 Å². The van der Waals surface area contributed by atoms with Crippen LogP contribution in [0.5, 0.6) is 0 Å². The molecule has 0 bridgehead atoms. The first-order valence-electron chi connectivity index (χ1n) is 4.89. The van der Waals surface area contributed by atoms with E-state index in [0.717, 1.165) is 11.1 Å². The number of carbonyl (C=O) groups is 1. The van der Waals surface area contributed by atoms with Gasteiger partial charge in [-0.05, 0) is 37.2 Å². The molecular formula is C11H15N3OS. The molecule has 0 heterocycles. The highest BCUT2D eigenvalue weighted by molar-refractivity contribution is 7.80. The fourth-order valence-corrected chi connectivity index (χ4v) is 1.44. The zero-order valence-electron chi connectivity index (χ0n) is 9.33. The lowest BCUT2D eigenvalue weighted by Crippen LogP contribution is -2.45. The minimum Gasteiger partial charge on any atom is -0.375 e. The van der Waals surface area contributed by atoms with Gasteiger partial charge in [-0.3, -0.25) is 15.6 Å². The second-order valence-corrected chi connectivity index (χ2v) is 4.08. The van der Waals surface area contributed by atoms with Gasteiger partial charge in [-0.1, -0.05) is 23.8 Å². The van der Waals surface area contributed by atoms with Crippen molar-refractivity contribution in [3.05, 3.63) is 34.9 Å². The minimum absolute atomic E-state index is 0.0500. The number of rotatable bonds is 2. The van der Waals surface area contributed by atoms with Gasteiger partial charge in [0.05, 0.1) is 6.42 Å². The molecule has 0 saturated heterocycles. The van der Waals surface area contributed by atoms with E-state index in [1.807, 2.05) is 32.0 Å². The lowest BCUT2D eigenvalue weighted by molar-refractivity contribution is -0.121. The summed E-state index contributed by atoms with van der Waals surface area (Å²) < 4.78 is 0. The minimum atomic E-state index is -0.167. The number of amides is 1. The van der Waals surface area contributed by atoms with Crippen molar-refractivity contribution in [2.75, 3.05) is 0 Å². The molecule has 0 unspecified atom stereocenters. The molecule has 1 rings (SSSR count). The Balaban J connectivity index is 2.59. The van der Waals surface area contributed by atoms with Gasteiger partial charge in [0.25, 0.3) is 0 Å². The first kappa shape index (κ1) is 12.4. The van der Waals surface area contributed by atoms with E-state index >= 15 is 0 Å². The van der Waals surface area contributed by atoms with Crippen LogP contribution in [0.1, 0.15) is 16.7 Å². The molecule has 4 nitrogen and oxygen atoms in total. The molecule has 0 aliphatic heterocycles. The maximum atomic E-state index is 11.5. The van der Waals surface area contributed by atoms with Gasteiger partial charge in [-0.25, -0.2) is 0 Å². The molecule has 1 aromatic rings. The molecule has 4 N–H and O–H groups in total. The molecular weight excluding hydrogens is 222 g/mol. The SMILES string of the molecule is Cc1ccc(CC(=O)NNC(N)=S)c(C)c1. The van der Waals surface area contributed by atoms with Crippen molar-refractivity contribution in [1.29, 1.82) is 0 Å². The fraction of sp³-hybridized carbons (Fsp3) is 0.273. The van der Waals surface area contributed by atoms with E-state index in [-0.39, 0.29) is 11.0 Å².